The fraction of sp³-hybridized carbons (Fsp3) is 0.533. The van der Waals surface area contributed by atoms with Gasteiger partial charge in [-0.1, -0.05) is 30.3 Å². The Morgan fingerprint density at radius 1 is 1.19 bits per heavy atom. The summed E-state index contributed by atoms with van der Waals surface area (Å²) in [5.74, 6) is 4.92. The molecule has 1 aromatic rings. The predicted octanol–water partition coefficient (Wildman–Crippen LogP) is -0.630. The van der Waals surface area contributed by atoms with E-state index in [0.29, 0.717) is 6.54 Å². The second-order valence-electron chi connectivity index (χ2n) is 5.34. The van der Waals surface area contributed by atoms with Crippen LogP contribution in [-0.4, -0.2) is 66.7 Å². The molecule has 2 rings (SSSR count). The molecule has 1 unspecified atom stereocenters. The number of nitrogens with zero attached hydrogens (tertiary/aromatic N) is 2. The number of aliphatic hydroxyl groups excluding tert-OH is 1. The van der Waals surface area contributed by atoms with Crippen molar-refractivity contribution in [2.45, 2.75) is 5.92 Å². The molecule has 1 atom stereocenters. The van der Waals surface area contributed by atoms with Crippen LogP contribution in [0.25, 0.3) is 0 Å². The van der Waals surface area contributed by atoms with E-state index < -0.39 is 0 Å². The molecule has 1 amide bonds. The number of hydrogen-bond acceptors (Lipinski definition) is 5. The van der Waals surface area contributed by atoms with Gasteiger partial charge in [-0.3, -0.25) is 20.0 Å². The molecular formula is C15H24N4O2. The number of carbonyl (C=O) groups excluding carboxylic acids is 1. The molecule has 1 aromatic carbocycles. The fourth-order valence-electron chi connectivity index (χ4n) is 2.72. The Morgan fingerprint density at radius 2 is 1.81 bits per heavy atom. The largest absolute Gasteiger partial charge is 0.395 e. The van der Waals surface area contributed by atoms with Gasteiger partial charge in [0.15, 0.2) is 0 Å². The van der Waals surface area contributed by atoms with E-state index in [1.165, 1.54) is 0 Å². The van der Waals surface area contributed by atoms with Crippen LogP contribution in [0.1, 0.15) is 11.5 Å². The summed E-state index contributed by atoms with van der Waals surface area (Å²) in [5, 5.41) is 8.96. The molecule has 1 saturated heterocycles. The van der Waals surface area contributed by atoms with E-state index in [-0.39, 0.29) is 18.4 Å². The van der Waals surface area contributed by atoms with Gasteiger partial charge >= 0.3 is 0 Å². The molecule has 0 bridgehead atoms. The smallest absolute Gasteiger partial charge is 0.242 e. The Bertz CT molecular complexity index is 433. The SMILES string of the molecule is NNC(=O)C(CN1CCN(CCO)CC1)c1ccccc1. The van der Waals surface area contributed by atoms with Crippen LogP contribution in [0.5, 0.6) is 0 Å². The summed E-state index contributed by atoms with van der Waals surface area (Å²) in [6.45, 7) is 5.24. The zero-order valence-corrected chi connectivity index (χ0v) is 12.2. The van der Waals surface area contributed by atoms with Crippen molar-refractivity contribution in [3.63, 3.8) is 0 Å². The van der Waals surface area contributed by atoms with E-state index in [2.05, 4.69) is 15.2 Å². The molecule has 4 N–H and O–H groups in total. The van der Waals surface area contributed by atoms with Crippen molar-refractivity contribution >= 4 is 5.91 Å². The first kappa shape index (κ1) is 15.9. The van der Waals surface area contributed by atoms with E-state index in [0.717, 1.165) is 38.3 Å². The van der Waals surface area contributed by atoms with Gasteiger partial charge in [0.2, 0.25) is 5.91 Å². The quantitative estimate of drug-likeness (QED) is 0.369. The van der Waals surface area contributed by atoms with E-state index in [1.54, 1.807) is 0 Å². The predicted molar refractivity (Wildman–Crippen MR) is 81.5 cm³/mol. The highest BCUT2D eigenvalue weighted by molar-refractivity contribution is 5.83. The van der Waals surface area contributed by atoms with Gasteiger partial charge in [-0.25, -0.2) is 5.84 Å². The van der Waals surface area contributed by atoms with Gasteiger partial charge < -0.3 is 5.11 Å². The first-order valence-electron chi connectivity index (χ1n) is 7.35. The molecule has 6 heteroatoms. The molecule has 1 heterocycles. The van der Waals surface area contributed by atoms with E-state index in [9.17, 15) is 4.79 Å². The fourth-order valence-corrected chi connectivity index (χ4v) is 2.72. The van der Waals surface area contributed by atoms with Gasteiger partial charge in [-0.2, -0.15) is 0 Å². The van der Waals surface area contributed by atoms with Crippen LogP contribution in [0.4, 0.5) is 0 Å². The summed E-state index contributed by atoms with van der Waals surface area (Å²) in [6.07, 6.45) is 0. The second kappa shape index (κ2) is 8.09. The Balaban J connectivity index is 1.96. The Morgan fingerprint density at radius 3 is 2.38 bits per heavy atom. The van der Waals surface area contributed by atoms with Crippen molar-refractivity contribution in [1.29, 1.82) is 0 Å². The van der Waals surface area contributed by atoms with E-state index in [4.69, 9.17) is 10.9 Å². The summed E-state index contributed by atoms with van der Waals surface area (Å²) in [4.78, 5) is 16.6. The highest BCUT2D eigenvalue weighted by atomic mass is 16.3. The first-order chi connectivity index (χ1) is 10.2. The molecule has 0 radical (unpaired) electrons. The standard InChI is InChI=1S/C15H24N4O2/c16-17-15(21)14(13-4-2-1-3-5-13)12-19-8-6-18(7-9-19)10-11-20/h1-5,14,20H,6-12,16H2,(H,17,21). The molecular weight excluding hydrogens is 268 g/mol. The Kier molecular flexibility index (Phi) is 6.13. The number of carbonyl (C=O) groups is 1. The average Bonchev–Trinajstić information content (AvgIpc) is 2.54. The van der Waals surface area contributed by atoms with Crippen LogP contribution in [-0.2, 0) is 4.79 Å². The van der Waals surface area contributed by atoms with Crippen LogP contribution < -0.4 is 11.3 Å². The lowest BCUT2D eigenvalue weighted by Gasteiger charge is -2.35. The lowest BCUT2D eigenvalue weighted by molar-refractivity contribution is -0.123. The minimum absolute atomic E-state index is 0.154. The Hall–Kier alpha value is -1.47. The minimum Gasteiger partial charge on any atom is -0.395 e. The third-order valence-corrected chi connectivity index (χ3v) is 3.98. The zero-order chi connectivity index (χ0) is 15.1. The third kappa shape index (κ3) is 4.50. The minimum atomic E-state index is -0.249. The molecule has 0 aromatic heterocycles. The van der Waals surface area contributed by atoms with Gasteiger partial charge in [0.25, 0.3) is 0 Å². The van der Waals surface area contributed by atoms with Gasteiger partial charge in [0, 0.05) is 39.3 Å². The molecule has 0 aliphatic carbocycles. The number of rotatable bonds is 6. The van der Waals surface area contributed by atoms with Gasteiger partial charge in [0.05, 0.1) is 12.5 Å². The van der Waals surface area contributed by atoms with Crippen molar-refractivity contribution in [1.82, 2.24) is 15.2 Å². The number of benzene rings is 1. The number of nitrogens with two attached hydrogens (primary N) is 1. The molecule has 0 spiro atoms. The van der Waals surface area contributed by atoms with Crippen LogP contribution in [0.2, 0.25) is 0 Å². The Labute approximate surface area is 125 Å². The summed E-state index contributed by atoms with van der Waals surface area (Å²) >= 11 is 0. The zero-order valence-electron chi connectivity index (χ0n) is 12.2. The molecule has 1 fully saturated rings. The second-order valence-corrected chi connectivity index (χ2v) is 5.34. The average molecular weight is 292 g/mol. The van der Waals surface area contributed by atoms with Crippen LogP contribution in [0.15, 0.2) is 30.3 Å². The van der Waals surface area contributed by atoms with E-state index in [1.807, 2.05) is 30.3 Å². The number of hydrazine groups is 1. The molecule has 0 saturated carbocycles. The molecule has 116 valence electrons. The highest BCUT2D eigenvalue weighted by Crippen LogP contribution is 2.18. The maximum Gasteiger partial charge on any atom is 0.242 e. The summed E-state index contributed by atoms with van der Waals surface area (Å²) in [7, 11) is 0. The third-order valence-electron chi connectivity index (χ3n) is 3.98. The van der Waals surface area contributed by atoms with Gasteiger partial charge in [0.1, 0.15) is 0 Å². The van der Waals surface area contributed by atoms with Crippen molar-refractivity contribution in [3.8, 4) is 0 Å². The molecule has 1 aliphatic heterocycles. The number of amides is 1. The van der Waals surface area contributed by atoms with Crippen LogP contribution in [0.3, 0.4) is 0 Å². The van der Waals surface area contributed by atoms with Crippen molar-refractivity contribution < 1.29 is 9.90 Å². The lowest BCUT2D eigenvalue weighted by atomic mass is 9.97. The van der Waals surface area contributed by atoms with Gasteiger partial charge in [-0.05, 0) is 5.56 Å². The maximum atomic E-state index is 12.0. The maximum absolute atomic E-state index is 12.0. The van der Waals surface area contributed by atoms with Crippen LogP contribution in [0, 0.1) is 0 Å². The number of hydrogen-bond donors (Lipinski definition) is 3. The van der Waals surface area contributed by atoms with Crippen molar-refractivity contribution in [3.05, 3.63) is 35.9 Å². The monoisotopic (exact) mass is 292 g/mol. The lowest BCUT2D eigenvalue weighted by Crippen LogP contribution is -2.49. The summed E-state index contributed by atoms with van der Waals surface area (Å²) in [6, 6.07) is 9.73. The van der Waals surface area contributed by atoms with E-state index >= 15 is 0 Å². The molecule has 6 nitrogen and oxygen atoms in total. The highest BCUT2D eigenvalue weighted by Gasteiger charge is 2.25. The number of nitrogens with one attached hydrogen (secondary N) is 1. The topological polar surface area (TPSA) is 81.8 Å². The molecule has 1 aliphatic rings. The molecule has 21 heavy (non-hydrogen) atoms. The van der Waals surface area contributed by atoms with Crippen LogP contribution >= 0.6 is 0 Å². The first-order valence-corrected chi connectivity index (χ1v) is 7.35. The van der Waals surface area contributed by atoms with Crippen molar-refractivity contribution in [2.75, 3.05) is 45.9 Å². The summed E-state index contributed by atoms with van der Waals surface area (Å²) < 4.78 is 0. The number of piperazine rings is 1. The normalized spacial score (nSPS) is 18.4. The van der Waals surface area contributed by atoms with Gasteiger partial charge in [-0.15, -0.1) is 0 Å². The summed E-state index contributed by atoms with van der Waals surface area (Å²) in [5.41, 5.74) is 3.26. The van der Waals surface area contributed by atoms with Crippen molar-refractivity contribution in [2.24, 2.45) is 5.84 Å². The number of aliphatic hydroxyl groups is 1. The number of β-amino-alcohol motifs (C(OH)–C–C–N with tert-alkyl or cyclic N) is 1.